The minimum absolute atomic E-state index is 0.126. The quantitative estimate of drug-likeness (QED) is 0.660. The van der Waals surface area contributed by atoms with Gasteiger partial charge in [0.2, 0.25) is 11.9 Å². The molecular weight excluding hydrogens is 316 g/mol. The van der Waals surface area contributed by atoms with Crippen molar-refractivity contribution in [2.75, 3.05) is 16.0 Å². The molecule has 0 spiro atoms. The Kier molecular flexibility index (Phi) is 4.84. The van der Waals surface area contributed by atoms with Gasteiger partial charge in [-0.25, -0.2) is 0 Å². The van der Waals surface area contributed by atoms with Gasteiger partial charge in [0.15, 0.2) is 5.82 Å². The summed E-state index contributed by atoms with van der Waals surface area (Å²) in [5, 5.41) is 17.0. The fourth-order valence-corrected chi connectivity index (χ4v) is 2.29. The highest BCUT2D eigenvalue weighted by Crippen LogP contribution is 2.20. The van der Waals surface area contributed by atoms with Crippen LogP contribution in [0, 0.1) is 6.92 Å². The first-order valence-corrected chi connectivity index (χ1v) is 7.76. The van der Waals surface area contributed by atoms with E-state index < -0.39 is 0 Å². The van der Waals surface area contributed by atoms with Gasteiger partial charge in [-0.1, -0.05) is 18.2 Å². The summed E-state index contributed by atoms with van der Waals surface area (Å²) in [6, 6.07) is 15.3. The number of benzene rings is 2. The predicted molar refractivity (Wildman–Crippen MR) is 98.3 cm³/mol. The van der Waals surface area contributed by atoms with Gasteiger partial charge in [0, 0.05) is 24.0 Å². The number of amides is 1. The van der Waals surface area contributed by atoms with Crippen molar-refractivity contribution in [3.63, 3.8) is 0 Å². The summed E-state index contributed by atoms with van der Waals surface area (Å²) in [6.07, 6.45) is 1.56. The summed E-state index contributed by atoms with van der Waals surface area (Å²) < 4.78 is 0. The number of nitrogens with one attached hydrogen (secondary N) is 3. The number of aryl methyl sites for hydroxylation is 1. The Bertz CT molecular complexity index is 896. The average molecular weight is 334 g/mol. The molecule has 1 amide bonds. The number of carbonyl (C=O) groups excluding carboxylic acids is 1. The van der Waals surface area contributed by atoms with Crippen LogP contribution in [0.4, 0.5) is 28.8 Å². The number of anilines is 5. The molecule has 0 radical (unpaired) electrons. The molecule has 1 heterocycles. The molecule has 0 saturated carbocycles. The molecule has 7 nitrogen and oxygen atoms in total. The lowest BCUT2D eigenvalue weighted by Gasteiger charge is -2.09. The van der Waals surface area contributed by atoms with Crippen molar-refractivity contribution in [3.8, 4) is 0 Å². The number of hydrogen-bond acceptors (Lipinski definition) is 6. The SMILES string of the molecule is CC(=O)Nc1cccc(Nc2nncc(Nc3cccc(C)c3)n2)c1. The second-order valence-electron chi connectivity index (χ2n) is 5.55. The molecule has 0 atom stereocenters. The molecule has 0 saturated heterocycles. The fourth-order valence-electron chi connectivity index (χ4n) is 2.29. The lowest BCUT2D eigenvalue weighted by molar-refractivity contribution is -0.114. The first kappa shape index (κ1) is 16.4. The van der Waals surface area contributed by atoms with Gasteiger partial charge in [-0.2, -0.15) is 10.1 Å². The van der Waals surface area contributed by atoms with E-state index in [2.05, 4.69) is 31.1 Å². The monoisotopic (exact) mass is 334 g/mol. The average Bonchev–Trinajstić information content (AvgIpc) is 2.55. The van der Waals surface area contributed by atoms with Crippen LogP contribution < -0.4 is 16.0 Å². The number of aromatic nitrogens is 3. The smallest absolute Gasteiger partial charge is 0.249 e. The highest BCUT2D eigenvalue weighted by Gasteiger charge is 2.04. The topological polar surface area (TPSA) is 91.8 Å². The first-order valence-electron chi connectivity index (χ1n) is 7.76. The maximum Gasteiger partial charge on any atom is 0.249 e. The molecule has 0 fully saturated rings. The second-order valence-corrected chi connectivity index (χ2v) is 5.55. The van der Waals surface area contributed by atoms with Crippen LogP contribution in [0.2, 0.25) is 0 Å². The van der Waals surface area contributed by atoms with Gasteiger partial charge in [0.25, 0.3) is 0 Å². The van der Waals surface area contributed by atoms with E-state index in [9.17, 15) is 4.79 Å². The van der Waals surface area contributed by atoms with Gasteiger partial charge in [0.1, 0.15) is 0 Å². The Morgan fingerprint density at radius 3 is 2.44 bits per heavy atom. The van der Waals surface area contributed by atoms with Gasteiger partial charge in [0.05, 0.1) is 6.20 Å². The lowest BCUT2D eigenvalue weighted by atomic mass is 10.2. The number of rotatable bonds is 5. The van der Waals surface area contributed by atoms with E-state index in [1.165, 1.54) is 6.92 Å². The van der Waals surface area contributed by atoms with E-state index >= 15 is 0 Å². The van der Waals surface area contributed by atoms with Crippen molar-refractivity contribution < 1.29 is 4.79 Å². The van der Waals surface area contributed by atoms with E-state index in [1.54, 1.807) is 18.3 Å². The van der Waals surface area contributed by atoms with Crippen LogP contribution in [0.15, 0.2) is 54.7 Å². The molecule has 0 unspecified atom stereocenters. The van der Waals surface area contributed by atoms with E-state index in [1.807, 2.05) is 43.3 Å². The Morgan fingerprint density at radius 1 is 0.960 bits per heavy atom. The molecule has 25 heavy (non-hydrogen) atoms. The molecule has 7 heteroatoms. The first-order chi connectivity index (χ1) is 12.1. The molecule has 3 N–H and O–H groups in total. The van der Waals surface area contributed by atoms with Gasteiger partial charge < -0.3 is 16.0 Å². The third-order valence-electron chi connectivity index (χ3n) is 3.29. The third-order valence-corrected chi connectivity index (χ3v) is 3.29. The number of carbonyl (C=O) groups is 1. The second kappa shape index (κ2) is 7.39. The van der Waals surface area contributed by atoms with E-state index in [0.717, 1.165) is 16.9 Å². The van der Waals surface area contributed by atoms with Crippen LogP contribution in [0.25, 0.3) is 0 Å². The Balaban J connectivity index is 1.74. The molecule has 0 bridgehead atoms. The van der Waals surface area contributed by atoms with Crippen LogP contribution in [-0.2, 0) is 4.79 Å². The van der Waals surface area contributed by atoms with Gasteiger partial charge in [-0.3, -0.25) is 4.79 Å². The molecule has 2 aromatic carbocycles. The molecule has 3 rings (SSSR count). The van der Waals surface area contributed by atoms with Crippen molar-refractivity contribution in [1.82, 2.24) is 15.2 Å². The van der Waals surface area contributed by atoms with Crippen molar-refractivity contribution in [3.05, 3.63) is 60.3 Å². The molecule has 0 aliphatic rings. The summed E-state index contributed by atoms with van der Waals surface area (Å²) in [5.41, 5.74) is 3.53. The summed E-state index contributed by atoms with van der Waals surface area (Å²) >= 11 is 0. The summed E-state index contributed by atoms with van der Waals surface area (Å²) in [6.45, 7) is 3.49. The molecule has 3 aromatic rings. The highest BCUT2D eigenvalue weighted by atomic mass is 16.1. The van der Waals surface area contributed by atoms with Crippen molar-refractivity contribution in [2.45, 2.75) is 13.8 Å². The van der Waals surface area contributed by atoms with Crippen molar-refractivity contribution in [1.29, 1.82) is 0 Å². The fraction of sp³-hybridized carbons (Fsp3) is 0.111. The van der Waals surface area contributed by atoms with Crippen LogP contribution >= 0.6 is 0 Å². The molecule has 0 aliphatic carbocycles. The van der Waals surface area contributed by atoms with E-state index in [4.69, 9.17) is 0 Å². The predicted octanol–water partition coefficient (Wildman–Crippen LogP) is 3.63. The lowest BCUT2D eigenvalue weighted by Crippen LogP contribution is -2.06. The maximum absolute atomic E-state index is 11.2. The zero-order chi connectivity index (χ0) is 17.6. The summed E-state index contributed by atoms with van der Waals surface area (Å²) in [7, 11) is 0. The maximum atomic E-state index is 11.2. The summed E-state index contributed by atoms with van der Waals surface area (Å²) in [5.74, 6) is 0.818. The molecule has 0 aliphatic heterocycles. The minimum atomic E-state index is -0.126. The Labute approximate surface area is 145 Å². The third kappa shape index (κ3) is 4.74. The van der Waals surface area contributed by atoms with Crippen LogP contribution in [-0.4, -0.2) is 21.1 Å². The minimum Gasteiger partial charge on any atom is -0.339 e. The van der Waals surface area contributed by atoms with E-state index in [-0.39, 0.29) is 5.91 Å². The normalized spacial score (nSPS) is 10.2. The van der Waals surface area contributed by atoms with E-state index in [0.29, 0.717) is 17.5 Å². The van der Waals surface area contributed by atoms with Gasteiger partial charge >= 0.3 is 0 Å². The molecule has 126 valence electrons. The molecular formula is C18H18N6O. The van der Waals surface area contributed by atoms with Gasteiger partial charge in [-0.15, -0.1) is 5.10 Å². The van der Waals surface area contributed by atoms with Crippen LogP contribution in [0.5, 0.6) is 0 Å². The van der Waals surface area contributed by atoms with Crippen LogP contribution in [0.3, 0.4) is 0 Å². The number of hydrogen-bond donors (Lipinski definition) is 3. The zero-order valence-electron chi connectivity index (χ0n) is 13.9. The van der Waals surface area contributed by atoms with Crippen molar-refractivity contribution >= 4 is 34.7 Å². The molecule has 1 aromatic heterocycles. The number of nitrogens with zero attached hydrogens (tertiary/aromatic N) is 3. The Hall–Kier alpha value is -3.48. The zero-order valence-corrected chi connectivity index (χ0v) is 13.9. The van der Waals surface area contributed by atoms with Crippen LogP contribution in [0.1, 0.15) is 12.5 Å². The van der Waals surface area contributed by atoms with Gasteiger partial charge in [-0.05, 0) is 42.8 Å². The van der Waals surface area contributed by atoms with Crippen molar-refractivity contribution in [2.24, 2.45) is 0 Å². The Morgan fingerprint density at radius 2 is 1.68 bits per heavy atom. The highest BCUT2D eigenvalue weighted by molar-refractivity contribution is 5.89. The standard InChI is InChI=1S/C18H18N6O/c1-12-5-3-6-14(9-12)21-17-11-19-24-18(23-17)22-16-8-4-7-15(10-16)20-13(2)25/h3-11H,1-2H3,(H,20,25)(H2,21,22,23,24). The summed E-state index contributed by atoms with van der Waals surface area (Å²) in [4.78, 5) is 15.6. The largest absolute Gasteiger partial charge is 0.339 e.